The van der Waals surface area contributed by atoms with Crippen LogP contribution in [0.2, 0.25) is 0 Å². The summed E-state index contributed by atoms with van der Waals surface area (Å²) >= 11 is 2.15. The number of carbonyl (C=O) groups is 1. The van der Waals surface area contributed by atoms with Crippen LogP contribution in [0, 0.1) is 3.57 Å². The highest BCUT2D eigenvalue weighted by atomic mass is 127. The summed E-state index contributed by atoms with van der Waals surface area (Å²) in [6.45, 7) is 0. The van der Waals surface area contributed by atoms with Gasteiger partial charge in [-0.25, -0.2) is 8.42 Å². The molecule has 0 spiro atoms. The third-order valence-corrected chi connectivity index (χ3v) is 6.19. The smallest absolute Gasteiger partial charge is 0.261 e. The summed E-state index contributed by atoms with van der Waals surface area (Å²) in [6, 6.07) is 20.3. The van der Waals surface area contributed by atoms with Crippen molar-refractivity contribution in [3.63, 3.8) is 0 Å². The van der Waals surface area contributed by atoms with Crippen LogP contribution in [-0.4, -0.2) is 21.4 Å². The number of anilines is 2. The lowest BCUT2D eigenvalue weighted by atomic mass is 10.2. The number of rotatable bonds is 7. The van der Waals surface area contributed by atoms with Gasteiger partial charge in [-0.15, -0.1) is 0 Å². The Hall–Kier alpha value is -2.85. The van der Waals surface area contributed by atoms with Gasteiger partial charge in [0.25, 0.3) is 10.0 Å². The zero-order chi connectivity index (χ0) is 21.6. The average molecular weight is 534 g/mol. The second-order valence-corrected chi connectivity index (χ2v) is 9.16. The lowest BCUT2D eigenvalue weighted by molar-refractivity contribution is -0.111. The predicted octanol–water partition coefficient (Wildman–Crippen LogP) is 4.75. The number of hydrogen-bond acceptors (Lipinski definition) is 4. The molecule has 30 heavy (non-hydrogen) atoms. The second kappa shape index (κ2) is 9.77. The fraction of sp³-hybridized carbons (Fsp3) is 0.0455. The molecule has 3 rings (SSSR count). The van der Waals surface area contributed by atoms with Gasteiger partial charge in [0.2, 0.25) is 5.91 Å². The number of nitrogens with one attached hydrogen (secondary N) is 2. The van der Waals surface area contributed by atoms with Gasteiger partial charge in [0.05, 0.1) is 12.0 Å². The second-order valence-electron chi connectivity index (χ2n) is 6.23. The summed E-state index contributed by atoms with van der Waals surface area (Å²) in [5, 5.41) is 2.70. The molecule has 3 aromatic rings. The average Bonchev–Trinajstić information content (AvgIpc) is 2.74. The van der Waals surface area contributed by atoms with E-state index in [0.717, 1.165) is 14.9 Å². The molecule has 0 saturated heterocycles. The number of sulfonamides is 1. The first-order chi connectivity index (χ1) is 14.4. The first-order valence-corrected chi connectivity index (χ1v) is 11.4. The number of halogens is 1. The maximum absolute atomic E-state index is 12.5. The molecule has 0 atom stereocenters. The summed E-state index contributed by atoms with van der Waals surface area (Å²) in [4.78, 5) is 12.2. The highest BCUT2D eigenvalue weighted by molar-refractivity contribution is 14.1. The van der Waals surface area contributed by atoms with E-state index in [1.54, 1.807) is 49.6 Å². The zero-order valence-corrected chi connectivity index (χ0v) is 19.0. The Balaban J connectivity index is 1.62. The molecule has 6 nitrogen and oxygen atoms in total. The summed E-state index contributed by atoms with van der Waals surface area (Å²) in [6.07, 6.45) is 3.09. The van der Waals surface area contributed by atoms with Crippen molar-refractivity contribution in [1.82, 2.24) is 0 Å². The fourth-order valence-corrected chi connectivity index (χ4v) is 3.94. The minimum Gasteiger partial charge on any atom is -0.497 e. The normalized spacial score (nSPS) is 11.3. The molecular weight excluding hydrogens is 515 g/mol. The van der Waals surface area contributed by atoms with Gasteiger partial charge >= 0.3 is 0 Å². The lowest BCUT2D eigenvalue weighted by Gasteiger charge is -2.09. The van der Waals surface area contributed by atoms with Crippen LogP contribution >= 0.6 is 22.6 Å². The standard InChI is InChI=1S/C22H19IN2O4S/c1-29-20-11-2-16(3-12-20)4-15-22(26)24-18-9-13-21(14-10-18)30(27,28)25-19-7-5-17(23)6-8-19/h2-15,25H,1H3,(H,24,26)/b15-4+. The van der Waals surface area contributed by atoms with Crippen molar-refractivity contribution in [3.05, 3.63) is 88.0 Å². The molecule has 1 amide bonds. The molecule has 0 heterocycles. The number of hydrogen-bond donors (Lipinski definition) is 2. The third-order valence-electron chi connectivity index (χ3n) is 4.07. The van der Waals surface area contributed by atoms with Crippen molar-refractivity contribution in [2.45, 2.75) is 4.90 Å². The van der Waals surface area contributed by atoms with Crippen molar-refractivity contribution in [1.29, 1.82) is 0 Å². The molecule has 0 bridgehead atoms. The van der Waals surface area contributed by atoms with Gasteiger partial charge in [-0.05, 0) is 94.9 Å². The topological polar surface area (TPSA) is 84.5 Å². The molecule has 2 N–H and O–H groups in total. The minimum absolute atomic E-state index is 0.104. The van der Waals surface area contributed by atoms with E-state index in [4.69, 9.17) is 4.74 Å². The maximum atomic E-state index is 12.5. The summed E-state index contributed by atoms with van der Waals surface area (Å²) < 4.78 is 33.6. The Morgan fingerprint density at radius 1 is 0.900 bits per heavy atom. The fourth-order valence-electron chi connectivity index (χ4n) is 2.52. The molecule has 0 radical (unpaired) electrons. The van der Waals surface area contributed by atoms with Crippen molar-refractivity contribution in [3.8, 4) is 5.75 Å². The highest BCUT2D eigenvalue weighted by Gasteiger charge is 2.14. The molecule has 0 fully saturated rings. The van der Waals surface area contributed by atoms with E-state index in [0.29, 0.717) is 11.4 Å². The molecule has 0 aliphatic rings. The van der Waals surface area contributed by atoms with Crippen molar-refractivity contribution >= 4 is 56.0 Å². The monoisotopic (exact) mass is 534 g/mol. The van der Waals surface area contributed by atoms with Crippen LogP contribution in [0.3, 0.4) is 0 Å². The molecule has 8 heteroatoms. The number of amides is 1. The van der Waals surface area contributed by atoms with Gasteiger partial charge in [0.15, 0.2) is 0 Å². The van der Waals surface area contributed by atoms with Gasteiger partial charge < -0.3 is 10.1 Å². The maximum Gasteiger partial charge on any atom is 0.261 e. The van der Waals surface area contributed by atoms with E-state index < -0.39 is 10.0 Å². The van der Waals surface area contributed by atoms with Crippen LogP contribution in [0.25, 0.3) is 6.08 Å². The van der Waals surface area contributed by atoms with Crippen LogP contribution in [0.5, 0.6) is 5.75 Å². The number of ether oxygens (including phenoxy) is 1. The number of methoxy groups -OCH3 is 1. The lowest BCUT2D eigenvalue weighted by Crippen LogP contribution is -2.13. The molecule has 3 aromatic carbocycles. The third kappa shape index (κ3) is 6.07. The zero-order valence-electron chi connectivity index (χ0n) is 16.0. The molecule has 0 aliphatic carbocycles. The summed E-state index contributed by atoms with van der Waals surface area (Å²) in [5.41, 5.74) is 1.83. The van der Waals surface area contributed by atoms with Crippen molar-refractivity contribution in [2.75, 3.05) is 17.1 Å². The van der Waals surface area contributed by atoms with Gasteiger partial charge in [-0.3, -0.25) is 9.52 Å². The molecular formula is C22H19IN2O4S. The Kier molecular flexibility index (Phi) is 7.11. The minimum atomic E-state index is -3.71. The molecule has 0 unspecified atom stereocenters. The Morgan fingerprint density at radius 3 is 2.10 bits per heavy atom. The van der Waals surface area contributed by atoms with Gasteiger partial charge in [0.1, 0.15) is 5.75 Å². The Morgan fingerprint density at radius 2 is 1.50 bits per heavy atom. The van der Waals surface area contributed by atoms with Crippen LogP contribution in [0.1, 0.15) is 5.56 Å². The van der Waals surface area contributed by atoms with E-state index in [1.807, 2.05) is 24.3 Å². The number of carbonyl (C=O) groups excluding carboxylic acids is 1. The SMILES string of the molecule is COc1ccc(/C=C/C(=O)Nc2ccc(S(=O)(=O)Nc3ccc(I)cc3)cc2)cc1. The summed E-state index contributed by atoms with van der Waals surface area (Å²) in [7, 11) is -2.12. The Bertz CT molecular complexity index is 1140. The van der Waals surface area contributed by atoms with Crippen LogP contribution in [-0.2, 0) is 14.8 Å². The van der Waals surface area contributed by atoms with E-state index in [-0.39, 0.29) is 10.8 Å². The molecule has 0 saturated carbocycles. The van der Waals surface area contributed by atoms with Gasteiger partial charge in [-0.1, -0.05) is 12.1 Å². The first kappa shape index (κ1) is 21.8. The largest absolute Gasteiger partial charge is 0.497 e. The summed E-state index contributed by atoms with van der Waals surface area (Å²) in [5.74, 6) is 0.418. The van der Waals surface area contributed by atoms with Gasteiger partial charge in [0, 0.05) is 21.0 Å². The van der Waals surface area contributed by atoms with Crippen molar-refractivity contribution < 1.29 is 17.9 Å². The number of benzene rings is 3. The first-order valence-electron chi connectivity index (χ1n) is 8.87. The van der Waals surface area contributed by atoms with E-state index in [9.17, 15) is 13.2 Å². The van der Waals surface area contributed by atoms with Crippen LogP contribution < -0.4 is 14.8 Å². The van der Waals surface area contributed by atoms with Crippen LogP contribution in [0.4, 0.5) is 11.4 Å². The molecule has 154 valence electrons. The van der Waals surface area contributed by atoms with E-state index in [1.165, 1.54) is 18.2 Å². The quantitative estimate of drug-likeness (QED) is 0.339. The van der Waals surface area contributed by atoms with Crippen molar-refractivity contribution in [2.24, 2.45) is 0 Å². The van der Waals surface area contributed by atoms with Gasteiger partial charge in [-0.2, -0.15) is 0 Å². The predicted molar refractivity (Wildman–Crippen MR) is 127 cm³/mol. The Labute approximate surface area is 189 Å². The molecule has 0 aromatic heterocycles. The van der Waals surface area contributed by atoms with E-state index in [2.05, 4.69) is 32.6 Å². The van der Waals surface area contributed by atoms with Crippen LogP contribution in [0.15, 0.2) is 83.8 Å². The van der Waals surface area contributed by atoms with E-state index >= 15 is 0 Å². The molecule has 0 aliphatic heterocycles. The highest BCUT2D eigenvalue weighted by Crippen LogP contribution is 2.19.